The van der Waals surface area contributed by atoms with Crippen molar-refractivity contribution in [3.8, 4) is 11.1 Å². The van der Waals surface area contributed by atoms with Crippen LogP contribution in [0.15, 0.2) is 54.9 Å². The van der Waals surface area contributed by atoms with Gasteiger partial charge in [0.1, 0.15) is 5.69 Å². The molecule has 0 spiro atoms. The summed E-state index contributed by atoms with van der Waals surface area (Å²) in [6, 6.07) is 14.0. The average Bonchev–Trinajstić information content (AvgIpc) is 3.34. The summed E-state index contributed by atoms with van der Waals surface area (Å²) in [7, 11) is 0. The van der Waals surface area contributed by atoms with Gasteiger partial charge < -0.3 is 9.88 Å². The fourth-order valence-corrected chi connectivity index (χ4v) is 3.49. The van der Waals surface area contributed by atoms with Gasteiger partial charge in [-0.1, -0.05) is 30.3 Å². The van der Waals surface area contributed by atoms with Gasteiger partial charge in [-0.3, -0.25) is 9.89 Å². The van der Waals surface area contributed by atoms with E-state index < -0.39 is 0 Å². The summed E-state index contributed by atoms with van der Waals surface area (Å²) in [6.45, 7) is 1.53. The molecule has 122 valence electrons. The van der Waals surface area contributed by atoms with Gasteiger partial charge in [-0.05, 0) is 30.5 Å². The maximum absolute atomic E-state index is 12.6. The van der Waals surface area contributed by atoms with Crippen LogP contribution in [0.4, 0.5) is 0 Å². The monoisotopic (exact) mass is 320 g/mol. The number of hydrogen-bond acceptors (Lipinski definition) is 2. The summed E-state index contributed by atoms with van der Waals surface area (Å²) < 4.78 is 0. The third kappa shape index (κ3) is 2.73. The molecule has 24 heavy (non-hydrogen) atoms. The van der Waals surface area contributed by atoms with Crippen molar-refractivity contribution < 1.29 is 4.79 Å². The van der Waals surface area contributed by atoms with Crippen LogP contribution in [0.1, 0.15) is 34.9 Å². The zero-order valence-electron chi connectivity index (χ0n) is 13.4. The Balaban J connectivity index is 1.57. The van der Waals surface area contributed by atoms with Gasteiger partial charge >= 0.3 is 0 Å². The van der Waals surface area contributed by atoms with E-state index in [1.807, 2.05) is 41.4 Å². The van der Waals surface area contributed by atoms with E-state index in [1.165, 1.54) is 0 Å². The molecule has 3 heterocycles. The highest BCUT2D eigenvalue weighted by Gasteiger charge is 2.28. The van der Waals surface area contributed by atoms with E-state index in [1.54, 1.807) is 6.20 Å². The number of piperidine rings is 1. The highest BCUT2D eigenvalue weighted by molar-refractivity contribution is 5.92. The Morgan fingerprint density at radius 1 is 1.17 bits per heavy atom. The summed E-state index contributed by atoms with van der Waals surface area (Å²) in [5, 5.41) is 7.43. The van der Waals surface area contributed by atoms with E-state index in [4.69, 9.17) is 0 Å². The number of carbonyl (C=O) groups excluding carboxylic acids is 1. The van der Waals surface area contributed by atoms with Gasteiger partial charge in [-0.25, -0.2) is 0 Å². The second-order valence-corrected chi connectivity index (χ2v) is 6.24. The number of likely N-dealkylation sites (tertiary alicyclic amines) is 1. The van der Waals surface area contributed by atoms with Crippen molar-refractivity contribution in [2.45, 2.75) is 18.8 Å². The maximum Gasteiger partial charge on any atom is 0.270 e. The minimum absolute atomic E-state index is 0.0745. The Kier molecular flexibility index (Phi) is 3.91. The number of amides is 1. The first-order valence-corrected chi connectivity index (χ1v) is 8.34. The third-order valence-corrected chi connectivity index (χ3v) is 4.70. The van der Waals surface area contributed by atoms with Gasteiger partial charge in [0.25, 0.3) is 5.91 Å². The van der Waals surface area contributed by atoms with Crippen LogP contribution in [0.3, 0.4) is 0 Å². The van der Waals surface area contributed by atoms with Crippen LogP contribution in [0, 0.1) is 0 Å². The number of nitrogens with zero attached hydrogens (tertiary/aromatic N) is 2. The van der Waals surface area contributed by atoms with Gasteiger partial charge in [-0.2, -0.15) is 5.10 Å². The summed E-state index contributed by atoms with van der Waals surface area (Å²) in [4.78, 5) is 17.5. The number of rotatable bonds is 3. The van der Waals surface area contributed by atoms with E-state index in [-0.39, 0.29) is 11.8 Å². The fourth-order valence-electron chi connectivity index (χ4n) is 3.49. The molecule has 2 N–H and O–H groups in total. The second kappa shape index (κ2) is 6.35. The van der Waals surface area contributed by atoms with Gasteiger partial charge in [0.2, 0.25) is 0 Å². The highest BCUT2D eigenvalue weighted by atomic mass is 16.2. The zero-order chi connectivity index (χ0) is 16.4. The van der Waals surface area contributed by atoms with E-state index >= 15 is 0 Å². The van der Waals surface area contributed by atoms with Crippen LogP contribution in [-0.2, 0) is 0 Å². The van der Waals surface area contributed by atoms with E-state index in [9.17, 15) is 4.79 Å². The minimum atomic E-state index is 0.0745. The smallest absolute Gasteiger partial charge is 0.270 e. The Morgan fingerprint density at radius 3 is 2.83 bits per heavy atom. The first-order chi connectivity index (χ1) is 11.8. The number of hydrogen-bond donors (Lipinski definition) is 2. The quantitative estimate of drug-likeness (QED) is 0.776. The van der Waals surface area contributed by atoms with Crippen LogP contribution < -0.4 is 0 Å². The number of nitrogens with one attached hydrogen (secondary N) is 2. The normalized spacial score (nSPS) is 17.8. The molecule has 1 saturated heterocycles. The number of benzene rings is 1. The molecule has 2 aromatic heterocycles. The molecule has 5 heteroatoms. The lowest BCUT2D eigenvalue weighted by atomic mass is 9.90. The van der Waals surface area contributed by atoms with Crippen LogP contribution in [0.2, 0.25) is 0 Å². The summed E-state index contributed by atoms with van der Waals surface area (Å²) in [5.41, 5.74) is 4.08. The van der Waals surface area contributed by atoms with E-state index in [2.05, 4.69) is 27.3 Å². The third-order valence-electron chi connectivity index (χ3n) is 4.70. The van der Waals surface area contributed by atoms with Crippen LogP contribution in [-0.4, -0.2) is 39.1 Å². The Morgan fingerprint density at radius 2 is 2.04 bits per heavy atom. The van der Waals surface area contributed by atoms with Crippen molar-refractivity contribution >= 4 is 5.91 Å². The molecular formula is C19H20N4O. The molecule has 1 aliphatic heterocycles. The highest BCUT2D eigenvalue weighted by Crippen LogP contribution is 2.33. The second-order valence-electron chi connectivity index (χ2n) is 6.24. The molecule has 1 aliphatic rings. The first-order valence-electron chi connectivity index (χ1n) is 8.34. The molecule has 0 saturated carbocycles. The predicted molar refractivity (Wildman–Crippen MR) is 92.7 cm³/mol. The lowest BCUT2D eigenvalue weighted by Crippen LogP contribution is -2.39. The first kappa shape index (κ1) is 14.8. The zero-order valence-corrected chi connectivity index (χ0v) is 13.4. The standard InChI is InChI=1S/C19H20N4O/c24-19(17-9-4-10-20-17)23-11-5-8-15(13-23)18-16(12-21-22-18)14-6-2-1-3-7-14/h1-4,6-7,9-10,12,15,20H,5,8,11,13H2,(H,21,22)/t15-/m0/s1. The molecule has 3 aromatic rings. The van der Waals surface area contributed by atoms with Crippen LogP contribution >= 0.6 is 0 Å². The summed E-state index contributed by atoms with van der Waals surface area (Å²) in [5.74, 6) is 0.362. The van der Waals surface area contributed by atoms with E-state index in [0.29, 0.717) is 5.69 Å². The van der Waals surface area contributed by atoms with Gasteiger partial charge in [-0.15, -0.1) is 0 Å². The molecule has 0 bridgehead atoms. The van der Waals surface area contributed by atoms with Crippen molar-refractivity contribution in [3.05, 3.63) is 66.2 Å². The Labute approximate surface area is 140 Å². The number of aromatic nitrogens is 3. The molecule has 1 amide bonds. The molecule has 0 unspecified atom stereocenters. The average molecular weight is 320 g/mol. The lowest BCUT2D eigenvalue weighted by molar-refractivity contribution is 0.0700. The maximum atomic E-state index is 12.6. The molecule has 4 rings (SSSR count). The SMILES string of the molecule is O=C(c1ccc[nH]1)N1CCC[C@H](c2[nH]ncc2-c2ccccc2)C1. The van der Waals surface area contributed by atoms with E-state index in [0.717, 1.165) is 42.8 Å². The summed E-state index contributed by atoms with van der Waals surface area (Å²) >= 11 is 0. The lowest BCUT2D eigenvalue weighted by Gasteiger charge is -2.32. The van der Waals surface area contributed by atoms with Crippen molar-refractivity contribution in [1.29, 1.82) is 0 Å². The topological polar surface area (TPSA) is 64.8 Å². The predicted octanol–water partition coefficient (Wildman–Crippen LogP) is 3.42. The molecule has 1 fully saturated rings. The van der Waals surface area contributed by atoms with Crippen molar-refractivity contribution in [2.75, 3.05) is 13.1 Å². The van der Waals surface area contributed by atoms with Crippen molar-refractivity contribution in [1.82, 2.24) is 20.1 Å². The van der Waals surface area contributed by atoms with Crippen LogP contribution in [0.25, 0.3) is 11.1 Å². The fraction of sp³-hybridized carbons (Fsp3) is 0.263. The Hall–Kier alpha value is -2.82. The largest absolute Gasteiger partial charge is 0.357 e. The number of aromatic amines is 2. The van der Waals surface area contributed by atoms with Crippen molar-refractivity contribution in [2.24, 2.45) is 0 Å². The van der Waals surface area contributed by atoms with Crippen LogP contribution in [0.5, 0.6) is 0 Å². The van der Waals surface area contributed by atoms with Gasteiger partial charge in [0.15, 0.2) is 0 Å². The van der Waals surface area contributed by atoms with Gasteiger partial charge in [0.05, 0.1) is 6.20 Å². The summed E-state index contributed by atoms with van der Waals surface area (Å²) in [6.07, 6.45) is 5.74. The Bertz CT molecular complexity index is 807. The minimum Gasteiger partial charge on any atom is -0.357 e. The van der Waals surface area contributed by atoms with Crippen molar-refractivity contribution in [3.63, 3.8) is 0 Å². The number of H-pyrrole nitrogens is 2. The molecule has 0 aliphatic carbocycles. The molecule has 1 aromatic carbocycles. The molecule has 5 nitrogen and oxygen atoms in total. The molecule has 1 atom stereocenters. The number of carbonyl (C=O) groups is 1. The van der Waals surface area contributed by atoms with Gasteiger partial charge in [0, 0.05) is 36.5 Å². The molecular weight excluding hydrogens is 300 g/mol. The molecule has 0 radical (unpaired) electrons.